The van der Waals surface area contributed by atoms with Crippen molar-refractivity contribution in [3.63, 3.8) is 0 Å². The molecule has 7 heteroatoms. The van der Waals surface area contributed by atoms with Gasteiger partial charge in [-0.2, -0.15) is 26.4 Å². The van der Waals surface area contributed by atoms with Crippen LogP contribution in [-0.4, -0.2) is 48.8 Å². The lowest BCUT2D eigenvalue weighted by molar-refractivity contribution is 0.0996. The maximum atomic E-state index is 10.2. The first kappa shape index (κ1) is 14.1. The smallest absolute Gasteiger partial charge is 0.254 e. The van der Waals surface area contributed by atoms with Crippen molar-refractivity contribution in [3.8, 4) is 0 Å². The molecule has 0 bridgehead atoms. The highest BCUT2D eigenvalue weighted by atomic mass is 32.2. The maximum Gasteiger partial charge on any atom is 0.254 e. The van der Waals surface area contributed by atoms with Crippen molar-refractivity contribution in [3.05, 3.63) is 18.1 Å². The number of hydrogen-bond acceptors (Lipinski definition) is 6. The Kier molecular flexibility index (Phi) is 4.26. The van der Waals surface area contributed by atoms with Gasteiger partial charge in [-0.1, -0.05) is 6.92 Å². The Morgan fingerprint density at radius 1 is 1.53 bits per heavy atom. The van der Waals surface area contributed by atoms with E-state index in [1.807, 2.05) is 26.2 Å². The van der Waals surface area contributed by atoms with E-state index < -0.39 is 5.60 Å². The average Bonchev–Trinajstić information content (AvgIpc) is 2.83. The van der Waals surface area contributed by atoms with Gasteiger partial charge in [0.1, 0.15) is 12.1 Å². The fourth-order valence-corrected chi connectivity index (χ4v) is 2.54. The van der Waals surface area contributed by atoms with Gasteiger partial charge >= 0.3 is 0 Å². The second-order valence-electron chi connectivity index (χ2n) is 4.74. The monoisotopic (exact) mass is 281 g/mol. The molecular weight excluding hydrogens is 262 g/mol. The molecule has 0 amide bonds. The molecule has 2 aromatic rings. The second-order valence-corrected chi connectivity index (χ2v) is 5.61. The molecule has 2 N–H and O–H groups in total. The standard InChI is InChI=1S/C12H19N5OS/c1-4-9-5-10(13-6-12(2,18)7-19-3)17-11(16-9)14-8-15-17/h5,8,13,18H,4,6-7H2,1-3H3. The summed E-state index contributed by atoms with van der Waals surface area (Å²) in [6.45, 7) is 4.32. The van der Waals surface area contributed by atoms with Gasteiger partial charge in [0.15, 0.2) is 0 Å². The molecule has 0 aromatic carbocycles. The van der Waals surface area contributed by atoms with Crippen molar-refractivity contribution in [2.45, 2.75) is 25.9 Å². The Hall–Kier alpha value is -1.34. The normalized spacial score (nSPS) is 14.5. The van der Waals surface area contributed by atoms with Crippen molar-refractivity contribution >= 4 is 23.4 Å². The highest BCUT2D eigenvalue weighted by molar-refractivity contribution is 7.98. The van der Waals surface area contributed by atoms with Crippen molar-refractivity contribution in [2.75, 3.05) is 23.9 Å². The van der Waals surface area contributed by atoms with Gasteiger partial charge in [-0.25, -0.2) is 4.98 Å². The van der Waals surface area contributed by atoms with E-state index >= 15 is 0 Å². The molecule has 2 rings (SSSR count). The first-order valence-electron chi connectivity index (χ1n) is 6.20. The zero-order chi connectivity index (χ0) is 13.9. The van der Waals surface area contributed by atoms with Crippen LogP contribution >= 0.6 is 11.8 Å². The molecular formula is C12H19N5OS. The highest BCUT2D eigenvalue weighted by Gasteiger charge is 2.20. The number of anilines is 1. The number of nitrogens with zero attached hydrogens (tertiary/aromatic N) is 4. The Morgan fingerprint density at radius 3 is 3.00 bits per heavy atom. The number of aryl methyl sites for hydroxylation is 1. The highest BCUT2D eigenvalue weighted by Crippen LogP contribution is 2.15. The van der Waals surface area contributed by atoms with Crippen molar-refractivity contribution in [1.29, 1.82) is 0 Å². The van der Waals surface area contributed by atoms with Crippen LogP contribution in [-0.2, 0) is 6.42 Å². The second kappa shape index (κ2) is 5.75. The Morgan fingerprint density at radius 2 is 2.32 bits per heavy atom. The maximum absolute atomic E-state index is 10.2. The van der Waals surface area contributed by atoms with Crippen LogP contribution in [0.15, 0.2) is 12.4 Å². The van der Waals surface area contributed by atoms with E-state index in [-0.39, 0.29) is 0 Å². The van der Waals surface area contributed by atoms with Gasteiger partial charge in [-0.05, 0) is 19.6 Å². The minimum atomic E-state index is -0.762. The van der Waals surface area contributed by atoms with E-state index in [1.165, 1.54) is 6.33 Å². The Bertz CT molecular complexity index is 554. The molecule has 0 saturated carbocycles. The summed E-state index contributed by atoms with van der Waals surface area (Å²) in [4.78, 5) is 8.48. The Balaban J connectivity index is 2.22. The zero-order valence-corrected chi connectivity index (χ0v) is 12.2. The van der Waals surface area contributed by atoms with Crippen LogP contribution in [0.5, 0.6) is 0 Å². The van der Waals surface area contributed by atoms with Gasteiger partial charge < -0.3 is 10.4 Å². The summed E-state index contributed by atoms with van der Waals surface area (Å²) in [6, 6.07) is 1.94. The zero-order valence-electron chi connectivity index (χ0n) is 11.4. The van der Waals surface area contributed by atoms with E-state index in [2.05, 4.69) is 20.4 Å². The van der Waals surface area contributed by atoms with E-state index in [4.69, 9.17) is 0 Å². The average molecular weight is 281 g/mol. The summed E-state index contributed by atoms with van der Waals surface area (Å²) >= 11 is 1.62. The van der Waals surface area contributed by atoms with E-state index in [9.17, 15) is 5.11 Å². The van der Waals surface area contributed by atoms with Crippen LogP contribution in [0.25, 0.3) is 5.78 Å². The molecule has 6 nitrogen and oxygen atoms in total. The van der Waals surface area contributed by atoms with E-state index in [0.29, 0.717) is 18.1 Å². The third kappa shape index (κ3) is 3.36. The molecule has 0 saturated heterocycles. The van der Waals surface area contributed by atoms with Crippen LogP contribution in [0, 0.1) is 0 Å². The van der Waals surface area contributed by atoms with Gasteiger partial charge in [0.05, 0.1) is 5.60 Å². The van der Waals surface area contributed by atoms with Crippen LogP contribution in [0.3, 0.4) is 0 Å². The Labute approximate surface area is 116 Å². The summed E-state index contributed by atoms with van der Waals surface area (Å²) in [5, 5.41) is 17.5. The van der Waals surface area contributed by atoms with Crippen LogP contribution in [0.1, 0.15) is 19.5 Å². The molecule has 2 heterocycles. The summed E-state index contributed by atoms with van der Waals surface area (Å²) in [7, 11) is 0. The third-order valence-electron chi connectivity index (χ3n) is 2.77. The van der Waals surface area contributed by atoms with Gasteiger partial charge in [-0.15, -0.1) is 0 Å². The first-order chi connectivity index (χ1) is 9.05. The summed E-state index contributed by atoms with van der Waals surface area (Å²) in [6.07, 6.45) is 4.29. The van der Waals surface area contributed by atoms with Gasteiger partial charge in [0.25, 0.3) is 5.78 Å². The number of hydrogen-bond donors (Lipinski definition) is 2. The number of nitrogens with one attached hydrogen (secondary N) is 1. The fourth-order valence-electron chi connectivity index (χ4n) is 1.81. The quantitative estimate of drug-likeness (QED) is 0.829. The molecule has 0 aliphatic heterocycles. The first-order valence-corrected chi connectivity index (χ1v) is 7.60. The number of fused-ring (bicyclic) bond motifs is 1. The molecule has 0 aliphatic carbocycles. The summed E-state index contributed by atoms with van der Waals surface area (Å²) in [5.74, 6) is 2.05. The predicted octanol–water partition coefficient (Wildman–Crippen LogP) is 1.21. The molecule has 0 radical (unpaired) electrons. The molecule has 104 valence electrons. The molecule has 19 heavy (non-hydrogen) atoms. The third-order valence-corrected chi connectivity index (χ3v) is 3.68. The number of aromatic nitrogens is 4. The minimum absolute atomic E-state index is 0.454. The predicted molar refractivity (Wildman–Crippen MR) is 77.7 cm³/mol. The van der Waals surface area contributed by atoms with Crippen LogP contribution < -0.4 is 5.32 Å². The molecule has 0 fully saturated rings. The van der Waals surface area contributed by atoms with Crippen LogP contribution in [0.4, 0.5) is 5.82 Å². The van der Waals surface area contributed by atoms with E-state index in [0.717, 1.165) is 17.9 Å². The number of rotatable bonds is 6. The number of thioether (sulfide) groups is 1. The summed E-state index contributed by atoms with van der Waals surface area (Å²) < 4.78 is 1.65. The molecule has 1 unspecified atom stereocenters. The van der Waals surface area contributed by atoms with Gasteiger partial charge in [-0.3, -0.25) is 0 Å². The summed E-state index contributed by atoms with van der Waals surface area (Å²) in [5.41, 5.74) is 0.189. The molecule has 0 spiro atoms. The minimum Gasteiger partial charge on any atom is -0.387 e. The van der Waals surface area contributed by atoms with Gasteiger partial charge in [0, 0.05) is 24.1 Å². The molecule has 1 atom stereocenters. The lowest BCUT2D eigenvalue weighted by Crippen LogP contribution is -2.36. The number of aliphatic hydroxyl groups is 1. The van der Waals surface area contributed by atoms with Crippen molar-refractivity contribution in [2.24, 2.45) is 0 Å². The molecule has 2 aromatic heterocycles. The largest absolute Gasteiger partial charge is 0.387 e. The lowest BCUT2D eigenvalue weighted by Gasteiger charge is -2.23. The SMILES string of the molecule is CCc1cc(NCC(C)(O)CSC)n2ncnc2n1. The topological polar surface area (TPSA) is 75.3 Å². The van der Waals surface area contributed by atoms with Gasteiger partial charge in [0.2, 0.25) is 0 Å². The fraction of sp³-hybridized carbons (Fsp3) is 0.583. The van der Waals surface area contributed by atoms with Crippen LogP contribution in [0.2, 0.25) is 0 Å². The molecule has 0 aliphatic rings. The lowest BCUT2D eigenvalue weighted by atomic mass is 10.1. The van der Waals surface area contributed by atoms with Crippen molar-refractivity contribution in [1.82, 2.24) is 19.6 Å². The van der Waals surface area contributed by atoms with Crippen molar-refractivity contribution < 1.29 is 5.11 Å². The van der Waals surface area contributed by atoms with E-state index in [1.54, 1.807) is 16.3 Å².